The van der Waals surface area contributed by atoms with Gasteiger partial charge >= 0.3 is 0 Å². The Morgan fingerprint density at radius 2 is 2.21 bits per heavy atom. The van der Waals surface area contributed by atoms with Gasteiger partial charge in [0.25, 0.3) is 0 Å². The molecule has 0 aromatic heterocycles. The van der Waals surface area contributed by atoms with Crippen molar-refractivity contribution in [2.24, 2.45) is 29.4 Å². The molecule has 2 saturated heterocycles. The summed E-state index contributed by atoms with van der Waals surface area (Å²) < 4.78 is 6.19. The van der Waals surface area contributed by atoms with Gasteiger partial charge in [-0.15, -0.1) is 0 Å². The van der Waals surface area contributed by atoms with Gasteiger partial charge in [-0.1, -0.05) is 13.3 Å². The highest BCUT2D eigenvalue weighted by Crippen LogP contribution is 2.47. The molecule has 2 N–H and O–H groups in total. The quantitative estimate of drug-likeness (QED) is 0.844. The fraction of sp³-hybridized carbons (Fsp3) is 1.00. The SMILES string of the molecule is CC1CCC(CN)C(C2CCOC3(CCSC3)C2)C1. The topological polar surface area (TPSA) is 35.2 Å². The van der Waals surface area contributed by atoms with E-state index in [2.05, 4.69) is 18.7 Å². The molecule has 2 aliphatic heterocycles. The Bertz CT molecular complexity index is 303. The summed E-state index contributed by atoms with van der Waals surface area (Å²) in [4.78, 5) is 0. The van der Waals surface area contributed by atoms with Crippen LogP contribution in [-0.4, -0.2) is 30.3 Å². The molecule has 3 fully saturated rings. The van der Waals surface area contributed by atoms with Crippen LogP contribution < -0.4 is 5.73 Å². The molecule has 3 aliphatic rings. The molecule has 19 heavy (non-hydrogen) atoms. The smallest absolute Gasteiger partial charge is 0.0783 e. The molecule has 0 bridgehead atoms. The maximum absolute atomic E-state index is 6.19. The second-order valence-corrected chi connectivity index (χ2v) is 8.27. The van der Waals surface area contributed by atoms with Crippen LogP contribution in [-0.2, 0) is 4.74 Å². The van der Waals surface area contributed by atoms with Crippen molar-refractivity contribution in [1.82, 2.24) is 0 Å². The van der Waals surface area contributed by atoms with Gasteiger partial charge in [-0.2, -0.15) is 11.8 Å². The summed E-state index contributed by atoms with van der Waals surface area (Å²) in [5.74, 6) is 5.98. The zero-order valence-corrected chi connectivity index (χ0v) is 13.1. The molecular formula is C16H29NOS. The summed E-state index contributed by atoms with van der Waals surface area (Å²) >= 11 is 2.09. The Balaban J connectivity index is 1.69. The van der Waals surface area contributed by atoms with Gasteiger partial charge in [0.1, 0.15) is 0 Å². The van der Waals surface area contributed by atoms with E-state index in [1.165, 1.54) is 50.0 Å². The molecule has 0 amide bonds. The fourth-order valence-electron chi connectivity index (χ4n) is 4.65. The van der Waals surface area contributed by atoms with Gasteiger partial charge in [-0.05, 0) is 68.1 Å². The Labute approximate surface area is 122 Å². The molecule has 5 unspecified atom stereocenters. The molecule has 1 aliphatic carbocycles. The maximum Gasteiger partial charge on any atom is 0.0783 e. The summed E-state index contributed by atoms with van der Waals surface area (Å²) in [5, 5.41) is 0. The molecule has 1 spiro atoms. The summed E-state index contributed by atoms with van der Waals surface area (Å²) in [6.07, 6.45) is 8.04. The van der Waals surface area contributed by atoms with Gasteiger partial charge in [-0.25, -0.2) is 0 Å². The highest BCUT2D eigenvalue weighted by molar-refractivity contribution is 7.99. The van der Waals surface area contributed by atoms with Gasteiger partial charge in [0.05, 0.1) is 5.60 Å². The first kappa shape index (κ1) is 14.2. The number of hydrogen-bond acceptors (Lipinski definition) is 3. The van der Waals surface area contributed by atoms with Crippen molar-refractivity contribution in [2.45, 2.75) is 51.0 Å². The fourth-order valence-corrected chi connectivity index (χ4v) is 6.03. The molecule has 0 aromatic carbocycles. The third-order valence-corrected chi connectivity index (χ3v) is 7.04. The second-order valence-electron chi connectivity index (χ2n) is 7.16. The van der Waals surface area contributed by atoms with E-state index >= 15 is 0 Å². The standard InChI is InChI=1S/C16H29NOS/c1-12-2-3-14(10-17)15(8-12)13-4-6-18-16(9-13)5-7-19-11-16/h12-15H,2-11,17H2,1H3. The van der Waals surface area contributed by atoms with E-state index < -0.39 is 0 Å². The van der Waals surface area contributed by atoms with E-state index in [1.807, 2.05) is 0 Å². The van der Waals surface area contributed by atoms with Crippen molar-refractivity contribution in [2.75, 3.05) is 24.7 Å². The Morgan fingerprint density at radius 3 is 2.95 bits per heavy atom. The Morgan fingerprint density at radius 1 is 1.32 bits per heavy atom. The molecule has 3 heteroatoms. The van der Waals surface area contributed by atoms with Crippen molar-refractivity contribution >= 4 is 11.8 Å². The van der Waals surface area contributed by atoms with Crippen LogP contribution in [0.5, 0.6) is 0 Å². The van der Waals surface area contributed by atoms with Crippen LogP contribution in [0.3, 0.4) is 0 Å². The van der Waals surface area contributed by atoms with Gasteiger partial charge in [-0.3, -0.25) is 0 Å². The van der Waals surface area contributed by atoms with E-state index in [0.717, 1.165) is 36.8 Å². The highest BCUT2D eigenvalue weighted by Gasteiger charge is 2.44. The third-order valence-electron chi connectivity index (χ3n) is 5.82. The van der Waals surface area contributed by atoms with E-state index in [-0.39, 0.29) is 5.60 Å². The first-order valence-corrected chi connectivity index (χ1v) is 9.30. The number of ether oxygens (including phenoxy) is 1. The lowest BCUT2D eigenvalue weighted by atomic mass is 9.65. The van der Waals surface area contributed by atoms with E-state index in [9.17, 15) is 0 Å². The molecule has 0 aromatic rings. The first-order valence-electron chi connectivity index (χ1n) is 8.14. The minimum absolute atomic E-state index is 0.243. The zero-order chi connectivity index (χ0) is 13.3. The van der Waals surface area contributed by atoms with Crippen molar-refractivity contribution in [1.29, 1.82) is 0 Å². The molecule has 1 saturated carbocycles. The van der Waals surface area contributed by atoms with Crippen molar-refractivity contribution in [3.8, 4) is 0 Å². The monoisotopic (exact) mass is 283 g/mol. The van der Waals surface area contributed by atoms with Crippen molar-refractivity contribution in [3.05, 3.63) is 0 Å². The predicted octanol–water partition coefficient (Wildman–Crippen LogP) is 3.30. The van der Waals surface area contributed by atoms with Gasteiger partial charge in [0, 0.05) is 12.4 Å². The Kier molecular flexibility index (Phi) is 4.45. The number of thioether (sulfide) groups is 1. The third kappa shape index (κ3) is 2.98. The maximum atomic E-state index is 6.19. The van der Waals surface area contributed by atoms with Crippen LogP contribution in [0.4, 0.5) is 0 Å². The summed E-state index contributed by atoms with van der Waals surface area (Å²) in [6, 6.07) is 0. The minimum atomic E-state index is 0.243. The van der Waals surface area contributed by atoms with Crippen molar-refractivity contribution in [3.63, 3.8) is 0 Å². The van der Waals surface area contributed by atoms with Gasteiger partial charge in [0.2, 0.25) is 0 Å². The van der Waals surface area contributed by atoms with Crippen LogP contribution >= 0.6 is 11.8 Å². The van der Waals surface area contributed by atoms with Crippen LogP contribution in [0.25, 0.3) is 0 Å². The highest BCUT2D eigenvalue weighted by atomic mass is 32.2. The van der Waals surface area contributed by atoms with Crippen LogP contribution in [0.15, 0.2) is 0 Å². The number of nitrogens with two attached hydrogens (primary N) is 1. The first-order chi connectivity index (χ1) is 9.22. The lowest BCUT2D eigenvalue weighted by Crippen LogP contribution is -2.45. The van der Waals surface area contributed by atoms with E-state index in [1.54, 1.807) is 0 Å². The lowest BCUT2D eigenvalue weighted by molar-refractivity contribution is -0.0981. The van der Waals surface area contributed by atoms with Crippen LogP contribution in [0, 0.1) is 23.7 Å². The summed E-state index contributed by atoms with van der Waals surface area (Å²) in [5.41, 5.74) is 6.30. The lowest BCUT2D eigenvalue weighted by Gasteiger charge is -2.45. The molecule has 5 atom stereocenters. The average molecular weight is 283 g/mol. The number of hydrogen-bond donors (Lipinski definition) is 1. The van der Waals surface area contributed by atoms with Crippen LogP contribution in [0.2, 0.25) is 0 Å². The van der Waals surface area contributed by atoms with E-state index in [4.69, 9.17) is 10.5 Å². The Hall–Kier alpha value is 0.270. The summed E-state index contributed by atoms with van der Waals surface area (Å²) in [7, 11) is 0. The average Bonchev–Trinajstić information content (AvgIpc) is 2.86. The molecule has 3 rings (SSSR count). The molecular weight excluding hydrogens is 254 g/mol. The molecule has 2 nitrogen and oxygen atoms in total. The minimum Gasteiger partial charge on any atom is -0.374 e. The predicted molar refractivity (Wildman–Crippen MR) is 82.4 cm³/mol. The normalized spacial score (nSPS) is 47.7. The van der Waals surface area contributed by atoms with E-state index in [0.29, 0.717) is 0 Å². The van der Waals surface area contributed by atoms with Gasteiger partial charge in [0.15, 0.2) is 0 Å². The van der Waals surface area contributed by atoms with Crippen LogP contribution in [0.1, 0.15) is 45.4 Å². The van der Waals surface area contributed by atoms with Crippen molar-refractivity contribution < 1.29 is 4.74 Å². The number of rotatable bonds is 2. The molecule has 2 heterocycles. The second kappa shape index (κ2) is 5.95. The molecule has 110 valence electrons. The zero-order valence-electron chi connectivity index (χ0n) is 12.3. The summed E-state index contributed by atoms with van der Waals surface area (Å²) in [6.45, 7) is 4.32. The largest absolute Gasteiger partial charge is 0.374 e. The van der Waals surface area contributed by atoms with Gasteiger partial charge < -0.3 is 10.5 Å². The molecule has 0 radical (unpaired) electrons.